The molecule has 5 nitrogen and oxygen atoms in total. The van der Waals surface area contributed by atoms with Crippen LogP contribution in [0.2, 0.25) is 0 Å². The highest BCUT2D eigenvalue weighted by molar-refractivity contribution is 5.93. The van der Waals surface area contributed by atoms with Crippen LogP contribution >= 0.6 is 0 Å². The molecule has 0 bridgehead atoms. The lowest BCUT2D eigenvalue weighted by Gasteiger charge is -2.40. The second-order valence-electron chi connectivity index (χ2n) is 7.27. The van der Waals surface area contributed by atoms with Gasteiger partial charge < -0.3 is 14.7 Å². The number of carboxylic acids is 1. The van der Waals surface area contributed by atoms with Gasteiger partial charge in [-0.3, -0.25) is 4.99 Å². The number of likely N-dealkylation sites (N-methyl/N-ethyl adjacent to an activating group) is 1. The smallest absolute Gasteiger partial charge is 0.335 e. The number of aliphatic imine (C=N–C) groups is 1. The molecule has 1 aliphatic heterocycles. The van der Waals surface area contributed by atoms with Crippen LogP contribution in [0.5, 0.6) is 5.75 Å². The van der Waals surface area contributed by atoms with Crippen molar-refractivity contribution in [2.45, 2.75) is 26.3 Å². The Hall–Kier alpha value is -3.08. The number of hydrogen-bond acceptors (Lipinski definition) is 4. The Bertz CT molecular complexity index is 958. The summed E-state index contributed by atoms with van der Waals surface area (Å²) in [6.45, 7) is 6.46. The second kappa shape index (κ2) is 6.91. The van der Waals surface area contributed by atoms with Crippen molar-refractivity contribution < 1.29 is 14.6 Å². The SMILES string of the molecule is COc1cc2c(cc1C=Nc1cccc(C(=O)O)c1)C(C)=CC(C)(C)N2C. The zero-order valence-electron chi connectivity index (χ0n) is 16.3. The number of hydrogen-bond donors (Lipinski definition) is 1. The minimum absolute atomic E-state index is 0.0744. The minimum Gasteiger partial charge on any atom is -0.496 e. The Morgan fingerprint density at radius 3 is 2.67 bits per heavy atom. The van der Waals surface area contributed by atoms with Crippen molar-refractivity contribution in [3.63, 3.8) is 0 Å². The molecule has 0 radical (unpaired) electrons. The predicted octanol–water partition coefficient (Wildman–Crippen LogP) is 4.78. The zero-order valence-corrected chi connectivity index (χ0v) is 16.3. The lowest BCUT2D eigenvalue weighted by Crippen LogP contribution is -2.42. The van der Waals surface area contributed by atoms with Gasteiger partial charge in [0.15, 0.2) is 0 Å². The molecule has 1 N–H and O–H groups in total. The van der Waals surface area contributed by atoms with Gasteiger partial charge in [-0.05, 0) is 50.6 Å². The summed E-state index contributed by atoms with van der Waals surface area (Å²) in [7, 11) is 3.72. The normalized spacial score (nSPS) is 15.4. The van der Waals surface area contributed by atoms with E-state index in [-0.39, 0.29) is 11.1 Å². The van der Waals surface area contributed by atoms with E-state index in [4.69, 9.17) is 9.84 Å². The quantitative estimate of drug-likeness (QED) is 0.794. The first-order valence-electron chi connectivity index (χ1n) is 8.76. The molecule has 0 aromatic heterocycles. The molecule has 1 heterocycles. The maximum Gasteiger partial charge on any atom is 0.335 e. The Morgan fingerprint density at radius 2 is 2.00 bits per heavy atom. The lowest BCUT2D eigenvalue weighted by atomic mass is 9.88. The van der Waals surface area contributed by atoms with E-state index in [2.05, 4.69) is 49.9 Å². The topological polar surface area (TPSA) is 62.1 Å². The standard InChI is InChI=1S/C22H24N2O3/c1-14-12-22(2,3)24(4)19-11-20(27-5)16(10-18(14)19)13-23-17-8-6-7-15(9-17)21(25)26/h6-13H,1-5H3,(H,25,26). The van der Waals surface area contributed by atoms with Gasteiger partial charge in [0.1, 0.15) is 5.75 Å². The first-order valence-corrected chi connectivity index (χ1v) is 8.76. The van der Waals surface area contributed by atoms with E-state index >= 15 is 0 Å². The zero-order chi connectivity index (χ0) is 19.8. The van der Waals surface area contributed by atoms with Crippen LogP contribution in [0.15, 0.2) is 47.5 Å². The number of fused-ring (bicyclic) bond motifs is 1. The van der Waals surface area contributed by atoms with Crippen LogP contribution in [-0.2, 0) is 0 Å². The molecule has 3 rings (SSSR count). The van der Waals surface area contributed by atoms with Crippen LogP contribution in [0.4, 0.5) is 11.4 Å². The number of rotatable bonds is 4. The molecular weight excluding hydrogens is 340 g/mol. The second-order valence-corrected chi connectivity index (χ2v) is 7.27. The molecule has 2 aromatic rings. The van der Waals surface area contributed by atoms with Gasteiger partial charge in [-0.15, -0.1) is 0 Å². The van der Waals surface area contributed by atoms with Gasteiger partial charge in [0.25, 0.3) is 0 Å². The number of carbonyl (C=O) groups is 1. The molecule has 0 amide bonds. The summed E-state index contributed by atoms with van der Waals surface area (Å²) in [5.74, 6) is -0.242. The summed E-state index contributed by atoms with van der Waals surface area (Å²) in [4.78, 5) is 17.8. The molecule has 2 aromatic carbocycles. The van der Waals surface area contributed by atoms with Gasteiger partial charge in [0.2, 0.25) is 0 Å². The highest BCUT2D eigenvalue weighted by atomic mass is 16.5. The summed E-state index contributed by atoms with van der Waals surface area (Å²) >= 11 is 0. The number of nitrogens with zero attached hydrogens (tertiary/aromatic N) is 2. The molecule has 0 unspecified atom stereocenters. The molecular formula is C22H24N2O3. The van der Waals surface area contributed by atoms with Crippen LogP contribution in [0.3, 0.4) is 0 Å². The van der Waals surface area contributed by atoms with Crippen molar-refractivity contribution in [1.29, 1.82) is 0 Å². The fourth-order valence-electron chi connectivity index (χ4n) is 3.34. The van der Waals surface area contributed by atoms with Crippen LogP contribution in [0, 0.1) is 0 Å². The van der Waals surface area contributed by atoms with Crippen LogP contribution in [-0.4, -0.2) is 37.0 Å². The molecule has 0 saturated heterocycles. The Balaban J connectivity index is 2.04. The molecule has 0 spiro atoms. The summed E-state index contributed by atoms with van der Waals surface area (Å²) in [5, 5.41) is 9.12. The van der Waals surface area contributed by atoms with Gasteiger partial charge >= 0.3 is 5.97 Å². The predicted molar refractivity (Wildman–Crippen MR) is 110 cm³/mol. The third kappa shape index (κ3) is 3.58. The maximum absolute atomic E-state index is 11.1. The molecule has 27 heavy (non-hydrogen) atoms. The highest BCUT2D eigenvalue weighted by Gasteiger charge is 2.29. The number of ether oxygens (including phenoxy) is 1. The summed E-state index contributed by atoms with van der Waals surface area (Å²) < 4.78 is 5.58. The third-order valence-corrected chi connectivity index (χ3v) is 5.01. The van der Waals surface area contributed by atoms with E-state index in [1.165, 1.54) is 5.57 Å². The highest BCUT2D eigenvalue weighted by Crippen LogP contribution is 2.40. The molecule has 0 aliphatic carbocycles. The van der Waals surface area contributed by atoms with E-state index in [9.17, 15) is 4.79 Å². The number of allylic oxidation sites excluding steroid dienone is 1. The average molecular weight is 364 g/mol. The van der Waals surface area contributed by atoms with Crippen molar-refractivity contribution in [1.82, 2.24) is 0 Å². The molecule has 140 valence electrons. The van der Waals surface area contributed by atoms with Crippen LogP contribution in [0.1, 0.15) is 42.3 Å². The Labute approximate surface area is 159 Å². The fraction of sp³-hybridized carbons (Fsp3) is 0.273. The monoisotopic (exact) mass is 364 g/mol. The average Bonchev–Trinajstić information content (AvgIpc) is 2.63. The van der Waals surface area contributed by atoms with Gasteiger partial charge in [-0.1, -0.05) is 12.1 Å². The van der Waals surface area contributed by atoms with Crippen molar-refractivity contribution in [2.24, 2.45) is 4.99 Å². The largest absolute Gasteiger partial charge is 0.496 e. The minimum atomic E-state index is -0.968. The van der Waals surface area contributed by atoms with Crippen LogP contribution in [0.25, 0.3) is 5.57 Å². The molecule has 0 fully saturated rings. The van der Waals surface area contributed by atoms with Gasteiger partial charge in [-0.25, -0.2) is 4.79 Å². The van der Waals surface area contributed by atoms with Crippen molar-refractivity contribution in [3.05, 3.63) is 59.2 Å². The van der Waals surface area contributed by atoms with Crippen molar-refractivity contribution >= 4 is 29.1 Å². The van der Waals surface area contributed by atoms with E-state index in [1.54, 1.807) is 37.6 Å². The van der Waals surface area contributed by atoms with E-state index in [0.717, 1.165) is 22.6 Å². The molecule has 0 atom stereocenters. The lowest BCUT2D eigenvalue weighted by molar-refractivity contribution is 0.0697. The Morgan fingerprint density at radius 1 is 1.26 bits per heavy atom. The van der Waals surface area contributed by atoms with E-state index in [0.29, 0.717) is 5.69 Å². The number of carboxylic acid groups (broad SMARTS) is 1. The number of aromatic carboxylic acids is 1. The van der Waals surface area contributed by atoms with Gasteiger partial charge in [-0.2, -0.15) is 0 Å². The summed E-state index contributed by atoms with van der Waals surface area (Å²) in [5.41, 5.74) is 5.02. The summed E-state index contributed by atoms with van der Waals surface area (Å²) in [6, 6.07) is 10.6. The maximum atomic E-state index is 11.1. The van der Waals surface area contributed by atoms with Gasteiger partial charge in [0.05, 0.1) is 23.9 Å². The number of benzene rings is 2. The summed E-state index contributed by atoms with van der Waals surface area (Å²) in [6.07, 6.45) is 3.96. The van der Waals surface area contributed by atoms with Crippen LogP contribution < -0.4 is 9.64 Å². The third-order valence-electron chi connectivity index (χ3n) is 5.01. The first kappa shape index (κ1) is 18.7. The Kier molecular flexibility index (Phi) is 4.79. The molecule has 5 heteroatoms. The number of anilines is 1. The fourth-order valence-corrected chi connectivity index (χ4v) is 3.34. The number of methoxy groups -OCH3 is 1. The van der Waals surface area contributed by atoms with Gasteiger partial charge in [0, 0.05) is 36.1 Å². The molecule has 1 aliphatic rings. The van der Waals surface area contributed by atoms with Crippen molar-refractivity contribution in [3.8, 4) is 5.75 Å². The van der Waals surface area contributed by atoms with Crippen molar-refractivity contribution in [2.75, 3.05) is 19.1 Å². The van der Waals surface area contributed by atoms with E-state index in [1.807, 2.05) is 6.07 Å². The first-order chi connectivity index (χ1) is 12.7. The molecule has 0 saturated carbocycles. The van der Waals surface area contributed by atoms with E-state index < -0.39 is 5.97 Å².